The minimum absolute atomic E-state index is 0.341. The standard InChI is InChI=1S/C16H26N2O/c1-13(11-14-6-8-16(19)9-7-14)17-12-15-5-3-4-10-18(15)2/h6-9,13,15,17,19H,3-5,10-12H2,1-2H3. The molecular formula is C16H26N2O. The molecule has 19 heavy (non-hydrogen) atoms. The Balaban J connectivity index is 1.74. The number of likely N-dealkylation sites (N-methyl/N-ethyl adjacent to an activating group) is 1. The minimum atomic E-state index is 0.341. The summed E-state index contributed by atoms with van der Waals surface area (Å²) in [6.45, 7) is 4.55. The molecule has 2 unspecified atom stereocenters. The lowest BCUT2D eigenvalue weighted by Crippen LogP contribution is -2.45. The predicted molar refractivity (Wildman–Crippen MR) is 79.5 cm³/mol. The van der Waals surface area contributed by atoms with Gasteiger partial charge in [0.05, 0.1) is 0 Å². The molecule has 3 heteroatoms. The van der Waals surface area contributed by atoms with Crippen LogP contribution in [0.15, 0.2) is 24.3 Å². The molecule has 2 rings (SSSR count). The monoisotopic (exact) mass is 262 g/mol. The van der Waals surface area contributed by atoms with E-state index in [-0.39, 0.29) is 0 Å². The van der Waals surface area contributed by atoms with Gasteiger partial charge in [-0.2, -0.15) is 0 Å². The molecular weight excluding hydrogens is 236 g/mol. The molecule has 0 radical (unpaired) electrons. The number of likely N-dealkylation sites (tertiary alicyclic amines) is 1. The van der Waals surface area contributed by atoms with Gasteiger partial charge in [0.1, 0.15) is 5.75 Å². The molecule has 2 atom stereocenters. The van der Waals surface area contributed by atoms with Crippen molar-refractivity contribution in [2.75, 3.05) is 20.1 Å². The van der Waals surface area contributed by atoms with Crippen molar-refractivity contribution in [3.63, 3.8) is 0 Å². The van der Waals surface area contributed by atoms with Gasteiger partial charge in [0.25, 0.3) is 0 Å². The molecule has 1 saturated heterocycles. The summed E-state index contributed by atoms with van der Waals surface area (Å²) in [5.74, 6) is 0.341. The molecule has 0 spiro atoms. The SMILES string of the molecule is CC(Cc1ccc(O)cc1)NCC1CCCCN1C. The number of benzene rings is 1. The van der Waals surface area contributed by atoms with Gasteiger partial charge >= 0.3 is 0 Å². The fourth-order valence-electron chi connectivity index (χ4n) is 2.80. The Labute approximate surface area is 116 Å². The van der Waals surface area contributed by atoms with E-state index in [1.165, 1.54) is 31.4 Å². The van der Waals surface area contributed by atoms with E-state index in [1.54, 1.807) is 12.1 Å². The Kier molecular flexibility index (Phi) is 5.23. The number of hydrogen-bond acceptors (Lipinski definition) is 3. The Morgan fingerprint density at radius 1 is 1.32 bits per heavy atom. The molecule has 1 aliphatic heterocycles. The normalized spacial score (nSPS) is 22.3. The van der Waals surface area contributed by atoms with Gasteiger partial charge in [-0.15, -0.1) is 0 Å². The van der Waals surface area contributed by atoms with Crippen LogP contribution in [0.3, 0.4) is 0 Å². The number of nitrogens with one attached hydrogen (secondary N) is 1. The molecule has 0 aromatic heterocycles. The second-order valence-electron chi connectivity index (χ2n) is 5.81. The number of hydrogen-bond donors (Lipinski definition) is 2. The van der Waals surface area contributed by atoms with Crippen LogP contribution in [0.1, 0.15) is 31.7 Å². The van der Waals surface area contributed by atoms with Crippen LogP contribution in [-0.2, 0) is 6.42 Å². The van der Waals surface area contributed by atoms with Crippen LogP contribution >= 0.6 is 0 Å². The van der Waals surface area contributed by atoms with E-state index < -0.39 is 0 Å². The van der Waals surface area contributed by atoms with Gasteiger partial charge in [0.15, 0.2) is 0 Å². The molecule has 2 N–H and O–H groups in total. The van der Waals surface area contributed by atoms with Crippen molar-refractivity contribution < 1.29 is 5.11 Å². The molecule has 106 valence electrons. The first-order valence-corrected chi connectivity index (χ1v) is 7.36. The third-order valence-corrected chi connectivity index (χ3v) is 4.10. The fraction of sp³-hybridized carbons (Fsp3) is 0.625. The largest absolute Gasteiger partial charge is 0.508 e. The highest BCUT2D eigenvalue weighted by molar-refractivity contribution is 5.26. The molecule has 1 heterocycles. The van der Waals surface area contributed by atoms with Crippen molar-refractivity contribution >= 4 is 0 Å². The van der Waals surface area contributed by atoms with Crippen LogP contribution in [-0.4, -0.2) is 42.2 Å². The number of aromatic hydroxyl groups is 1. The highest BCUT2D eigenvalue weighted by Crippen LogP contribution is 2.15. The zero-order chi connectivity index (χ0) is 13.7. The summed E-state index contributed by atoms with van der Waals surface area (Å²) in [6.07, 6.45) is 5.03. The van der Waals surface area contributed by atoms with E-state index >= 15 is 0 Å². The highest BCUT2D eigenvalue weighted by atomic mass is 16.3. The molecule has 3 nitrogen and oxygen atoms in total. The van der Waals surface area contributed by atoms with E-state index in [2.05, 4.69) is 24.2 Å². The first kappa shape index (κ1) is 14.4. The third kappa shape index (κ3) is 4.51. The van der Waals surface area contributed by atoms with Crippen molar-refractivity contribution in [3.8, 4) is 5.75 Å². The second-order valence-corrected chi connectivity index (χ2v) is 5.81. The second kappa shape index (κ2) is 6.92. The van der Waals surface area contributed by atoms with Crippen molar-refractivity contribution in [1.29, 1.82) is 0 Å². The molecule has 0 aliphatic carbocycles. The van der Waals surface area contributed by atoms with E-state index in [1.807, 2.05) is 12.1 Å². The van der Waals surface area contributed by atoms with Crippen LogP contribution in [0.2, 0.25) is 0 Å². The summed E-state index contributed by atoms with van der Waals surface area (Å²) < 4.78 is 0. The highest BCUT2D eigenvalue weighted by Gasteiger charge is 2.18. The number of nitrogens with zero attached hydrogens (tertiary/aromatic N) is 1. The molecule has 0 saturated carbocycles. The lowest BCUT2D eigenvalue weighted by Gasteiger charge is -2.33. The average molecular weight is 262 g/mol. The lowest BCUT2D eigenvalue weighted by atomic mass is 10.0. The van der Waals surface area contributed by atoms with Gasteiger partial charge in [-0.05, 0) is 57.5 Å². The number of piperidine rings is 1. The molecule has 1 aliphatic rings. The number of phenolic OH excluding ortho intramolecular Hbond substituents is 1. The van der Waals surface area contributed by atoms with Crippen molar-refractivity contribution in [1.82, 2.24) is 10.2 Å². The molecule has 0 bridgehead atoms. The maximum atomic E-state index is 9.27. The summed E-state index contributed by atoms with van der Waals surface area (Å²) >= 11 is 0. The Bertz CT molecular complexity index is 377. The number of phenols is 1. The van der Waals surface area contributed by atoms with Crippen LogP contribution in [0, 0.1) is 0 Å². The summed E-state index contributed by atoms with van der Waals surface area (Å²) in [7, 11) is 2.23. The van der Waals surface area contributed by atoms with E-state index in [9.17, 15) is 5.11 Å². The number of rotatable bonds is 5. The predicted octanol–water partition coefficient (Wildman–Crippen LogP) is 2.40. The van der Waals surface area contributed by atoms with Crippen LogP contribution < -0.4 is 5.32 Å². The maximum absolute atomic E-state index is 9.27. The lowest BCUT2D eigenvalue weighted by molar-refractivity contribution is 0.178. The van der Waals surface area contributed by atoms with Crippen LogP contribution in [0.25, 0.3) is 0 Å². The first-order chi connectivity index (χ1) is 9.15. The van der Waals surface area contributed by atoms with Gasteiger partial charge in [0, 0.05) is 18.6 Å². The summed E-state index contributed by atoms with van der Waals surface area (Å²) in [4.78, 5) is 2.48. The molecule has 0 amide bonds. The quantitative estimate of drug-likeness (QED) is 0.855. The molecule has 1 aromatic rings. The summed E-state index contributed by atoms with van der Waals surface area (Å²) in [6, 6.07) is 8.69. The van der Waals surface area contributed by atoms with Gasteiger partial charge in [-0.25, -0.2) is 0 Å². The smallest absolute Gasteiger partial charge is 0.115 e. The Morgan fingerprint density at radius 2 is 2.05 bits per heavy atom. The molecule has 1 fully saturated rings. The van der Waals surface area contributed by atoms with E-state index in [0.717, 1.165) is 13.0 Å². The van der Waals surface area contributed by atoms with Crippen molar-refractivity contribution in [2.45, 2.75) is 44.7 Å². The topological polar surface area (TPSA) is 35.5 Å². The zero-order valence-electron chi connectivity index (χ0n) is 12.1. The molecule has 1 aromatic carbocycles. The first-order valence-electron chi connectivity index (χ1n) is 7.36. The minimum Gasteiger partial charge on any atom is -0.508 e. The Hall–Kier alpha value is -1.06. The van der Waals surface area contributed by atoms with Crippen LogP contribution in [0.4, 0.5) is 0 Å². The maximum Gasteiger partial charge on any atom is 0.115 e. The van der Waals surface area contributed by atoms with Gasteiger partial charge in [-0.1, -0.05) is 18.6 Å². The van der Waals surface area contributed by atoms with E-state index in [0.29, 0.717) is 17.8 Å². The Morgan fingerprint density at radius 3 is 2.74 bits per heavy atom. The average Bonchev–Trinajstić information content (AvgIpc) is 2.40. The van der Waals surface area contributed by atoms with Gasteiger partial charge in [0.2, 0.25) is 0 Å². The van der Waals surface area contributed by atoms with Gasteiger partial charge in [-0.3, -0.25) is 0 Å². The van der Waals surface area contributed by atoms with Crippen LogP contribution in [0.5, 0.6) is 5.75 Å². The summed E-state index contributed by atoms with van der Waals surface area (Å²) in [5, 5.41) is 12.9. The van der Waals surface area contributed by atoms with E-state index in [4.69, 9.17) is 0 Å². The third-order valence-electron chi connectivity index (χ3n) is 4.10. The van der Waals surface area contributed by atoms with Crippen molar-refractivity contribution in [2.24, 2.45) is 0 Å². The van der Waals surface area contributed by atoms with Gasteiger partial charge < -0.3 is 15.3 Å². The fourth-order valence-corrected chi connectivity index (χ4v) is 2.80. The summed E-state index contributed by atoms with van der Waals surface area (Å²) in [5.41, 5.74) is 1.27. The van der Waals surface area contributed by atoms with Crippen molar-refractivity contribution in [3.05, 3.63) is 29.8 Å². The zero-order valence-corrected chi connectivity index (χ0v) is 12.1.